The van der Waals surface area contributed by atoms with Gasteiger partial charge in [-0.2, -0.15) is 61.5 Å². The van der Waals surface area contributed by atoms with Crippen molar-refractivity contribution in [2.24, 2.45) is 0 Å². The minimum Gasteiger partial charge on any atom is -0.318 e. The van der Waals surface area contributed by atoms with Gasteiger partial charge < -0.3 is 5.73 Å². The highest BCUT2D eigenvalue weighted by Crippen LogP contribution is 2.61. The van der Waals surface area contributed by atoms with E-state index >= 15 is 0 Å². The van der Waals surface area contributed by atoms with Crippen molar-refractivity contribution < 1.29 is 76.0 Å². The Morgan fingerprint density at radius 1 is 0.533 bits per heavy atom. The van der Waals surface area contributed by atoms with Crippen LogP contribution in [0.2, 0.25) is 0 Å². The number of quaternary nitrogens is 1. The molecular weight excluding hydrogens is 474 g/mol. The van der Waals surface area contributed by atoms with Crippen molar-refractivity contribution in [1.29, 1.82) is 0 Å². The number of hydrogen-bond acceptors (Lipinski definition) is 0. The average Bonchev–Trinajstić information content (AvgIpc) is 2.56. The van der Waals surface area contributed by atoms with Gasteiger partial charge in [-0.05, 0) is 12.8 Å². The molecule has 0 amide bonds. The van der Waals surface area contributed by atoms with Gasteiger partial charge >= 0.3 is 41.6 Å². The summed E-state index contributed by atoms with van der Waals surface area (Å²) in [5.41, 5.74) is 1.58. The fraction of sp³-hybridized carbons (Fsp3) is 1.00. The average molecular weight is 488 g/mol. The molecule has 0 aliphatic heterocycles. The number of rotatable bonds is 11. The van der Waals surface area contributed by atoms with Gasteiger partial charge in [0, 0.05) is 0 Å². The molecule has 0 saturated carbocycles. The maximum Gasteiger partial charge on any atom is 0.460 e. The molecule has 2 unspecified atom stereocenters. The minimum absolute atomic E-state index is 0.341. The zero-order valence-corrected chi connectivity index (χ0v) is 14.4. The van der Waals surface area contributed by atoms with Crippen LogP contribution in [0.1, 0.15) is 25.7 Å². The molecule has 0 saturated heterocycles. The van der Waals surface area contributed by atoms with Crippen LogP contribution in [0, 0.1) is 0 Å². The van der Waals surface area contributed by atoms with Crippen LogP contribution in [0.3, 0.4) is 0 Å². The molecule has 0 aliphatic carbocycles. The quantitative estimate of drug-likeness (QED) is 0.226. The van der Waals surface area contributed by atoms with Crippen molar-refractivity contribution in [1.82, 2.24) is 0 Å². The fourth-order valence-corrected chi connectivity index (χ4v) is 2.05. The van der Waals surface area contributed by atoms with Crippen molar-refractivity contribution in [2.45, 2.75) is 73.4 Å². The number of halogens is 16. The van der Waals surface area contributed by atoms with E-state index in [0.29, 0.717) is 0 Å². The van der Waals surface area contributed by atoms with Crippen LogP contribution in [0.5, 0.6) is 0 Å². The van der Waals surface area contributed by atoms with Crippen LogP contribution in [0.25, 0.3) is 0 Å². The van der Waals surface area contributed by atoms with E-state index in [2.05, 4.69) is 0 Å². The summed E-state index contributed by atoms with van der Waals surface area (Å²) in [4.78, 5) is 0. The summed E-state index contributed by atoms with van der Waals surface area (Å²) >= 11 is 0. The van der Waals surface area contributed by atoms with E-state index in [1.54, 1.807) is 5.73 Å². The molecule has 0 radical (unpaired) electrons. The van der Waals surface area contributed by atoms with Crippen molar-refractivity contribution in [3.05, 3.63) is 0 Å². The molecule has 182 valence electrons. The Morgan fingerprint density at radius 3 is 1.27 bits per heavy atom. The third-order valence-corrected chi connectivity index (χ3v) is 4.04. The van der Waals surface area contributed by atoms with E-state index in [1.165, 1.54) is 0 Å². The molecule has 0 aromatic carbocycles. The van der Waals surface area contributed by atoms with Crippen LogP contribution in [0.15, 0.2) is 0 Å². The van der Waals surface area contributed by atoms with Crippen molar-refractivity contribution >= 4 is 0 Å². The molecule has 1 nitrogen and oxygen atoms in total. The van der Waals surface area contributed by atoms with Gasteiger partial charge in [-0.15, -0.1) is 0 Å². The smallest absolute Gasteiger partial charge is 0.318 e. The van der Waals surface area contributed by atoms with Gasteiger partial charge in [-0.3, -0.25) is 4.39 Å². The van der Waals surface area contributed by atoms with Crippen molar-refractivity contribution in [2.75, 3.05) is 6.67 Å². The summed E-state index contributed by atoms with van der Waals surface area (Å²) in [7, 11) is 0. The number of hydrogen-bond donors (Lipinski definition) is 1. The zero-order valence-electron chi connectivity index (χ0n) is 14.4. The Hall–Kier alpha value is -1.16. The molecule has 0 aromatic heterocycles. The predicted molar refractivity (Wildman–Crippen MR) is 66.9 cm³/mol. The SMILES string of the molecule is [NH3+]C(F)(C(F)CCCCCF)C(F)(F)C(F)(F)C(F)(F)C(F)(F)C(F)(F)C(F)(F)F. The molecule has 0 aromatic rings. The Balaban J connectivity index is 6.16. The first-order valence-corrected chi connectivity index (χ1v) is 7.68. The molecule has 17 heteroatoms. The van der Waals surface area contributed by atoms with Gasteiger partial charge in [0.25, 0.3) is 0 Å². The van der Waals surface area contributed by atoms with Gasteiger partial charge in [0.2, 0.25) is 0 Å². The lowest BCUT2D eigenvalue weighted by Crippen LogP contribution is -2.87. The second kappa shape index (κ2) is 8.41. The van der Waals surface area contributed by atoms with Crippen molar-refractivity contribution in [3.8, 4) is 0 Å². The molecular formula is C13H14F16N+. The van der Waals surface area contributed by atoms with E-state index in [4.69, 9.17) is 0 Å². The summed E-state index contributed by atoms with van der Waals surface area (Å²) in [6, 6.07) is 0. The summed E-state index contributed by atoms with van der Waals surface area (Å²) in [5.74, 6) is -45.4. The summed E-state index contributed by atoms with van der Waals surface area (Å²) < 4.78 is 208. The second-order valence-electron chi connectivity index (χ2n) is 6.24. The second-order valence-corrected chi connectivity index (χ2v) is 6.24. The van der Waals surface area contributed by atoms with E-state index in [1.807, 2.05) is 0 Å². The maximum atomic E-state index is 13.9. The molecule has 2 atom stereocenters. The first kappa shape index (κ1) is 28.8. The predicted octanol–water partition coefficient (Wildman–Crippen LogP) is 5.50. The normalized spacial score (nSPS) is 18.3. The molecule has 0 heterocycles. The summed E-state index contributed by atoms with van der Waals surface area (Å²) in [6.45, 7) is -1.02. The Morgan fingerprint density at radius 2 is 0.900 bits per heavy atom. The van der Waals surface area contributed by atoms with Crippen LogP contribution >= 0.6 is 0 Å². The number of alkyl halides is 16. The monoisotopic (exact) mass is 488 g/mol. The lowest BCUT2D eigenvalue weighted by atomic mass is 9.87. The fourth-order valence-electron chi connectivity index (χ4n) is 2.05. The summed E-state index contributed by atoms with van der Waals surface area (Å²) in [5, 5.41) is 0. The first-order valence-electron chi connectivity index (χ1n) is 7.68. The first-order chi connectivity index (χ1) is 13.0. The molecule has 0 rings (SSSR count). The van der Waals surface area contributed by atoms with E-state index in [0.717, 1.165) is 0 Å². The Kier molecular flexibility index (Phi) is 8.08. The molecule has 0 bridgehead atoms. The Labute approximate surface area is 157 Å². The minimum atomic E-state index is -8.23. The molecule has 0 fully saturated rings. The third kappa shape index (κ3) is 4.26. The van der Waals surface area contributed by atoms with Crippen LogP contribution in [-0.4, -0.2) is 54.4 Å². The van der Waals surface area contributed by atoms with Crippen molar-refractivity contribution in [3.63, 3.8) is 0 Å². The van der Waals surface area contributed by atoms with Crippen LogP contribution in [0.4, 0.5) is 70.2 Å². The number of unbranched alkanes of at least 4 members (excludes halogenated alkanes) is 2. The standard InChI is InChI=1S/C13H13F16N/c14-5-3-1-2-4-6(15)7(16,30)8(17,18)9(19,20)10(21,22)11(23,24)12(25,26)13(27,28)29/h6H,1-5,30H2/p+1. The van der Waals surface area contributed by atoms with Crippen LogP contribution in [-0.2, 0) is 0 Å². The highest BCUT2D eigenvalue weighted by atomic mass is 19.4. The van der Waals surface area contributed by atoms with Gasteiger partial charge in [0.1, 0.15) is 0 Å². The topological polar surface area (TPSA) is 27.6 Å². The van der Waals surface area contributed by atoms with Gasteiger partial charge in [0.15, 0.2) is 6.17 Å². The summed E-state index contributed by atoms with van der Waals surface area (Å²) in [6.07, 6.45) is -14.4. The largest absolute Gasteiger partial charge is 0.460 e. The Bertz CT molecular complexity index is 566. The van der Waals surface area contributed by atoms with Gasteiger partial charge in [0.05, 0.1) is 6.67 Å². The lowest BCUT2D eigenvalue weighted by Gasteiger charge is -2.41. The van der Waals surface area contributed by atoms with E-state index < -0.39 is 67.3 Å². The van der Waals surface area contributed by atoms with E-state index in [9.17, 15) is 70.2 Å². The molecule has 0 spiro atoms. The lowest BCUT2D eigenvalue weighted by molar-refractivity contribution is -0.601. The molecule has 0 aliphatic rings. The van der Waals surface area contributed by atoms with Gasteiger partial charge in [-0.1, -0.05) is 12.8 Å². The van der Waals surface area contributed by atoms with Gasteiger partial charge in [-0.25, -0.2) is 4.39 Å². The van der Waals surface area contributed by atoms with Crippen LogP contribution < -0.4 is 5.73 Å². The third-order valence-electron chi connectivity index (χ3n) is 4.04. The molecule has 3 N–H and O–H groups in total. The highest BCUT2D eigenvalue weighted by Gasteiger charge is 2.94. The van der Waals surface area contributed by atoms with E-state index in [-0.39, 0.29) is 12.8 Å². The maximum absolute atomic E-state index is 13.9. The zero-order chi connectivity index (χ0) is 24.6. The highest BCUT2D eigenvalue weighted by molar-refractivity contribution is 5.13. The molecule has 30 heavy (non-hydrogen) atoms.